The maximum absolute atomic E-state index is 13.6. The van der Waals surface area contributed by atoms with Gasteiger partial charge in [0.2, 0.25) is 0 Å². The van der Waals surface area contributed by atoms with Gasteiger partial charge in [-0.05, 0) is 101 Å². The SMILES string of the molecule is COc1ccc(C2(CCN3CCC(N4CCCCC4)CC3)CCN(C(=O)c3ccccc3OC)C2)cc1OC. The van der Waals surface area contributed by atoms with Crippen molar-refractivity contribution in [3.63, 3.8) is 0 Å². The Balaban J connectivity index is 1.32. The lowest BCUT2D eigenvalue weighted by molar-refractivity contribution is 0.0768. The second-order valence-electron chi connectivity index (χ2n) is 11.4. The second kappa shape index (κ2) is 12.6. The van der Waals surface area contributed by atoms with Gasteiger partial charge in [-0.3, -0.25) is 4.79 Å². The van der Waals surface area contributed by atoms with Crippen molar-refractivity contribution in [3.8, 4) is 17.2 Å². The van der Waals surface area contributed by atoms with Crippen molar-refractivity contribution < 1.29 is 19.0 Å². The van der Waals surface area contributed by atoms with Crippen LogP contribution in [-0.4, -0.2) is 93.8 Å². The number of likely N-dealkylation sites (tertiary alicyclic amines) is 3. The molecule has 0 aromatic heterocycles. The van der Waals surface area contributed by atoms with Gasteiger partial charge in [0.1, 0.15) is 5.75 Å². The van der Waals surface area contributed by atoms with Crippen molar-refractivity contribution in [2.24, 2.45) is 0 Å². The number of piperidine rings is 2. The molecule has 3 fully saturated rings. The van der Waals surface area contributed by atoms with Crippen LogP contribution in [0, 0.1) is 0 Å². The van der Waals surface area contributed by atoms with Gasteiger partial charge in [-0.2, -0.15) is 0 Å². The first-order valence-corrected chi connectivity index (χ1v) is 14.7. The fourth-order valence-electron chi connectivity index (χ4n) is 6.95. The molecule has 0 bridgehead atoms. The average Bonchev–Trinajstić information content (AvgIpc) is 3.45. The van der Waals surface area contributed by atoms with Crippen molar-refractivity contribution in [2.45, 2.75) is 56.4 Å². The van der Waals surface area contributed by atoms with Crippen LogP contribution in [0.15, 0.2) is 42.5 Å². The number of hydrogen-bond acceptors (Lipinski definition) is 6. The molecule has 0 N–H and O–H groups in total. The van der Waals surface area contributed by atoms with Crippen LogP contribution in [0.1, 0.15) is 60.9 Å². The molecule has 5 rings (SSSR count). The predicted octanol–water partition coefficient (Wildman–Crippen LogP) is 4.84. The van der Waals surface area contributed by atoms with E-state index in [-0.39, 0.29) is 11.3 Å². The molecule has 0 aliphatic carbocycles. The highest BCUT2D eigenvalue weighted by Gasteiger charge is 2.42. The zero-order valence-corrected chi connectivity index (χ0v) is 24.0. The van der Waals surface area contributed by atoms with Gasteiger partial charge in [0, 0.05) is 24.5 Å². The molecular formula is C32H45N3O4. The number of ether oxygens (including phenoxy) is 3. The number of methoxy groups -OCH3 is 3. The van der Waals surface area contributed by atoms with Gasteiger partial charge in [0.15, 0.2) is 11.5 Å². The zero-order chi connectivity index (χ0) is 27.2. The van der Waals surface area contributed by atoms with Gasteiger partial charge in [-0.1, -0.05) is 24.6 Å². The first-order valence-electron chi connectivity index (χ1n) is 14.7. The summed E-state index contributed by atoms with van der Waals surface area (Å²) in [5, 5.41) is 0. The molecule has 2 aromatic carbocycles. The summed E-state index contributed by atoms with van der Waals surface area (Å²) in [5.41, 5.74) is 1.71. The molecule has 7 nitrogen and oxygen atoms in total. The summed E-state index contributed by atoms with van der Waals surface area (Å²) >= 11 is 0. The second-order valence-corrected chi connectivity index (χ2v) is 11.4. The molecule has 0 saturated carbocycles. The fraction of sp³-hybridized carbons (Fsp3) is 0.594. The third kappa shape index (κ3) is 6.04. The third-order valence-corrected chi connectivity index (χ3v) is 9.35. The summed E-state index contributed by atoms with van der Waals surface area (Å²) < 4.78 is 16.7. The quantitative estimate of drug-likeness (QED) is 0.458. The van der Waals surface area contributed by atoms with Crippen molar-refractivity contribution >= 4 is 5.91 Å². The van der Waals surface area contributed by atoms with Crippen LogP contribution < -0.4 is 14.2 Å². The van der Waals surface area contributed by atoms with Gasteiger partial charge < -0.3 is 28.9 Å². The Hall–Kier alpha value is -2.77. The maximum atomic E-state index is 13.6. The lowest BCUT2D eigenvalue weighted by Crippen LogP contribution is -2.47. The van der Waals surface area contributed by atoms with Gasteiger partial charge in [-0.15, -0.1) is 0 Å². The molecule has 212 valence electrons. The number of rotatable bonds is 9. The number of nitrogens with zero attached hydrogens (tertiary/aromatic N) is 3. The number of para-hydroxylation sites is 1. The Morgan fingerprint density at radius 1 is 0.846 bits per heavy atom. The van der Waals surface area contributed by atoms with E-state index in [1.807, 2.05) is 35.2 Å². The number of carbonyl (C=O) groups is 1. The van der Waals surface area contributed by atoms with Crippen LogP contribution in [0.5, 0.6) is 17.2 Å². The fourth-order valence-corrected chi connectivity index (χ4v) is 6.95. The van der Waals surface area contributed by atoms with Crippen LogP contribution >= 0.6 is 0 Å². The molecule has 3 saturated heterocycles. The third-order valence-electron chi connectivity index (χ3n) is 9.35. The normalized spacial score (nSPS) is 23.1. The van der Waals surface area contributed by atoms with Crippen molar-refractivity contribution in [3.05, 3.63) is 53.6 Å². The number of amides is 1. The molecule has 2 aromatic rings. The van der Waals surface area contributed by atoms with Crippen LogP contribution in [0.2, 0.25) is 0 Å². The van der Waals surface area contributed by atoms with E-state index in [0.717, 1.165) is 56.6 Å². The van der Waals surface area contributed by atoms with Gasteiger partial charge >= 0.3 is 0 Å². The maximum Gasteiger partial charge on any atom is 0.257 e. The van der Waals surface area contributed by atoms with Crippen LogP contribution in [0.25, 0.3) is 0 Å². The van der Waals surface area contributed by atoms with E-state index in [0.29, 0.717) is 17.9 Å². The van der Waals surface area contributed by atoms with Gasteiger partial charge in [-0.25, -0.2) is 0 Å². The predicted molar refractivity (Wildman–Crippen MR) is 154 cm³/mol. The lowest BCUT2D eigenvalue weighted by Gasteiger charge is -2.41. The zero-order valence-electron chi connectivity index (χ0n) is 24.0. The molecule has 1 atom stereocenters. The summed E-state index contributed by atoms with van der Waals surface area (Å²) in [6.07, 6.45) is 8.57. The monoisotopic (exact) mass is 535 g/mol. The number of carbonyl (C=O) groups excluding carboxylic acids is 1. The Kier molecular flexibility index (Phi) is 8.98. The molecule has 3 aliphatic heterocycles. The van der Waals surface area contributed by atoms with Gasteiger partial charge in [0.25, 0.3) is 5.91 Å². The van der Waals surface area contributed by atoms with E-state index in [9.17, 15) is 4.79 Å². The molecule has 3 heterocycles. The van der Waals surface area contributed by atoms with Crippen molar-refractivity contribution in [1.82, 2.24) is 14.7 Å². The van der Waals surface area contributed by atoms with E-state index in [1.165, 1.54) is 50.8 Å². The van der Waals surface area contributed by atoms with Crippen LogP contribution in [-0.2, 0) is 5.41 Å². The molecule has 1 amide bonds. The minimum atomic E-state index is -0.138. The Bertz CT molecular complexity index is 1110. The number of hydrogen-bond donors (Lipinski definition) is 0. The molecule has 39 heavy (non-hydrogen) atoms. The van der Waals surface area contributed by atoms with Crippen LogP contribution in [0.3, 0.4) is 0 Å². The summed E-state index contributed by atoms with van der Waals surface area (Å²) in [4.78, 5) is 21.0. The Morgan fingerprint density at radius 2 is 1.56 bits per heavy atom. The molecule has 1 unspecified atom stereocenters. The van der Waals surface area contributed by atoms with Gasteiger partial charge in [0.05, 0.1) is 26.9 Å². The van der Waals surface area contributed by atoms with Crippen molar-refractivity contribution in [1.29, 1.82) is 0 Å². The van der Waals surface area contributed by atoms with E-state index in [1.54, 1.807) is 21.3 Å². The first kappa shape index (κ1) is 27.8. The Labute approximate surface area is 234 Å². The highest BCUT2D eigenvalue weighted by atomic mass is 16.5. The number of benzene rings is 2. The smallest absolute Gasteiger partial charge is 0.257 e. The summed E-state index contributed by atoms with van der Waals surface area (Å²) in [6, 6.07) is 14.6. The van der Waals surface area contributed by atoms with Crippen molar-refractivity contribution in [2.75, 3.05) is 67.1 Å². The lowest BCUT2D eigenvalue weighted by atomic mass is 9.76. The Morgan fingerprint density at radius 3 is 2.28 bits per heavy atom. The average molecular weight is 536 g/mol. The molecular weight excluding hydrogens is 490 g/mol. The molecule has 0 spiro atoms. The first-order chi connectivity index (χ1) is 19.1. The largest absolute Gasteiger partial charge is 0.496 e. The van der Waals surface area contributed by atoms with Crippen LogP contribution in [0.4, 0.5) is 0 Å². The van der Waals surface area contributed by atoms with E-state index >= 15 is 0 Å². The van der Waals surface area contributed by atoms with E-state index < -0.39 is 0 Å². The summed E-state index contributed by atoms with van der Waals surface area (Å²) in [5.74, 6) is 2.14. The molecule has 7 heteroatoms. The molecule has 0 radical (unpaired) electrons. The molecule has 3 aliphatic rings. The van der Waals surface area contributed by atoms with E-state index in [2.05, 4.69) is 21.9 Å². The summed E-state index contributed by atoms with van der Waals surface area (Å²) in [6.45, 7) is 7.33. The standard InChI is InChI=1S/C32H45N3O4/c1-37-28-10-6-5-9-27(28)31(36)35-22-16-32(24-35,25-11-12-29(38-2)30(23-25)39-3)15-21-33-19-13-26(14-20-33)34-17-7-4-8-18-34/h5-6,9-12,23,26H,4,7-8,13-22,24H2,1-3H3. The van der Waals surface area contributed by atoms with E-state index in [4.69, 9.17) is 14.2 Å². The minimum absolute atomic E-state index is 0.0390. The topological polar surface area (TPSA) is 54.5 Å². The highest BCUT2D eigenvalue weighted by molar-refractivity contribution is 5.97. The summed E-state index contributed by atoms with van der Waals surface area (Å²) in [7, 11) is 4.98. The minimum Gasteiger partial charge on any atom is -0.496 e. The highest BCUT2D eigenvalue weighted by Crippen LogP contribution is 2.42.